The number of nitrogens with zero attached hydrogens (tertiary/aromatic N) is 1. The number of nitrogens with one attached hydrogen (secondary N) is 1. The number of hydrogen-bond donors (Lipinski definition) is 1. The van der Waals surface area contributed by atoms with Crippen molar-refractivity contribution >= 4 is 33.2 Å². The van der Waals surface area contributed by atoms with E-state index in [9.17, 15) is 13.2 Å². The Labute approximate surface area is 196 Å². The number of carbonyl (C=O) groups excluding carboxylic acids is 1. The highest BCUT2D eigenvalue weighted by Gasteiger charge is 2.34. The maximum Gasteiger partial charge on any atom is 0.232 e. The minimum absolute atomic E-state index is 0.0805. The number of hydrogen-bond acceptors (Lipinski definition) is 4. The van der Waals surface area contributed by atoms with E-state index in [2.05, 4.69) is 17.4 Å². The van der Waals surface area contributed by atoms with Gasteiger partial charge in [-0.15, -0.1) is 0 Å². The topological polar surface area (TPSA) is 75.7 Å². The summed E-state index contributed by atoms with van der Waals surface area (Å²) in [5.41, 5.74) is 2.44. The number of aryl methyl sites for hydroxylation is 1. The van der Waals surface area contributed by atoms with Crippen LogP contribution >= 0.6 is 11.6 Å². The third-order valence-electron chi connectivity index (χ3n) is 6.07. The maximum atomic E-state index is 12.6. The van der Waals surface area contributed by atoms with Crippen molar-refractivity contribution in [3.8, 4) is 0 Å². The summed E-state index contributed by atoms with van der Waals surface area (Å²) in [5.74, 6) is -0.0805. The summed E-state index contributed by atoms with van der Waals surface area (Å²) in [6, 6.07) is 15.4. The lowest BCUT2D eigenvalue weighted by molar-refractivity contribution is -0.121. The molecule has 174 valence electrons. The lowest BCUT2D eigenvalue weighted by Gasteiger charge is -2.38. The molecule has 0 atom stereocenters. The fourth-order valence-electron chi connectivity index (χ4n) is 4.18. The van der Waals surface area contributed by atoms with E-state index in [4.69, 9.17) is 16.3 Å². The zero-order valence-electron chi connectivity index (χ0n) is 18.6. The molecule has 6 nitrogen and oxygen atoms in total. The van der Waals surface area contributed by atoms with Gasteiger partial charge in [-0.05, 0) is 49.4 Å². The highest BCUT2D eigenvalue weighted by Crippen LogP contribution is 2.34. The average molecular weight is 479 g/mol. The first kappa shape index (κ1) is 24.6. The van der Waals surface area contributed by atoms with Crippen LogP contribution in [-0.4, -0.2) is 46.9 Å². The largest absolute Gasteiger partial charge is 0.381 e. The molecule has 1 amide bonds. The van der Waals surface area contributed by atoms with Crippen molar-refractivity contribution < 1.29 is 17.9 Å². The molecular weight excluding hydrogens is 448 g/mol. The van der Waals surface area contributed by atoms with Crippen molar-refractivity contribution in [2.24, 2.45) is 0 Å². The summed E-state index contributed by atoms with van der Waals surface area (Å²) in [4.78, 5) is 12.6. The van der Waals surface area contributed by atoms with E-state index in [-0.39, 0.29) is 24.3 Å². The minimum Gasteiger partial charge on any atom is -0.381 e. The van der Waals surface area contributed by atoms with E-state index >= 15 is 0 Å². The Morgan fingerprint density at radius 1 is 1.16 bits per heavy atom. The lowest BCUT2D eigenvalue weighted by atomic mass is 9.74. The Hall–Kier alpha value is -2.09. The third kappa shape index (κ3) is 6.24. The molecule has 1 heterocycles. The van der Waals surface area contributed by atoms with Crippen LogP contribution in [0.15, 0.2) is 48.5 Å². The van der Waals surface area contributed by atoms with Crippen molar-refractivity contribution in [1.29, 1.82) is 0 Å². The normalized spacial score (nSPS) is 15.8. The molecule has 1 saturated heterocycles. The molecule has 3 rings (SSSR count). The van der Waals surface area contributed by atoms with E-state index in [1.165, 1.54) is 16.1 Å². The third-order valence-corrected chi connectivity index (χ3v) is 7.48. The van der Waals surface area contributed by atoms with E-state index in [0.717, 1.165) is 18.4 Å². The van der Waals surface area contributed by atoms with Crippen LogP contribution in [0, 0.1) is 6.92 Å². The van der Waals surface area contributed by atoms with Gasteiger partial charge in [0.05, 0.1) is 11.9 Å². The molecule has 0 spiro atoms. The Balaban J connectivity index is 1.60. The Bertz CT molecular complexity index is 1020. The summed E-state index contributed by atoms with van der Waals surface area (Å²) in [6.45, 7) is 3.95. The van der Waals surface area contributed by atoms with E-state index < -0.39 is 10.0 Å². The molecule has 32 heavy (non-hydrogen) atoms. The number of ether oxygens (including phenoxy) is 1. The van der Waals surface area contributed by atoms with Gasteiger partial charge in [-0.25, -0.2) is 8.42 Å². The van der Waals surface area contributed by atoms with Crippen LogP contribution in [0.3, 0.4) is 0 Å². The molecule has 0 saturated carbocycles. The van der Waals surface area contributed by atoms with Crippen LogP contribution in [0.1, 0.15) is 36.8 Å². The fraction of sp³-hybridized carbons (Fsp3) is 0.458. The first-order valence-corrected chi connectivity index (χ1v) is 13.1. The van der Waals surface area contributed by atoms with Crippen molar-refractivity contribution in [1.82, 2.24) is 5.32 Å². The van der Waals surface area contributed by atoms with Crippen LogP contribution in [0.5, 0.6) is 0 Å². The fourth-order valence-corrected chi connectivity index (χ4v) is 5.36. The van der Waals surface area contributed by atoms with Gasteiger partial charge < -0.3 is 10.1 Å². The van der Waals surface area contributed by atoms with Crippen LogP contribution < -0.4 is 9.62 Å². The first-order chi connectivity index (χ1) is 15.2. The molecule has 2 aromatic carbocycles. The molecule has 0 radical (unpaired) electrons. The average Bonchev–Trinajstić information content (AvgIpc) is 2.77. The number of amides is 1. The van der Waals surface area contributed by atoms with Gasteiger partial charge in [-0.2, -0.15) is 0 Å². The first-order valence-electron chi connectivity index (χ1n) is 10.9. The molecule has 1 aliphatic rings. The van der Waals surface area contributed by atoms with Gasteiger partial charge in [-0.1, -0.05) is 48.0 Å². The molecule has 1 aliphatic heterocycles. The van der Waals surface area contributed by atoms with E-state index in [1.54, 1.807) is 18.2 Å². The molecule has 8 heteroatoms. The van der Waals surface area contributed by atoms with Crippen LogP contribution in [0.2, 0.25) is 5.02 Å². The Kier molecular flexibility index (Phi) is 8.20. The molecular formula is C24H31ClN2O4S. The summed E-state index contributed by atoms with van der Waals surface area (Å²) in [6.07, 6.45) is 3.53. The number of benzene rings is 2. The number of carbonyl (C=O) groups is 1. The summed E-state index contributed by atoms with van der Waals surface area (Å²) >= 11 is 6.08. The van der Waals surface area contributed by atoms with E-state index in [1.807, 2.05) is 25.1 Å². The molecule has 0 unspecified atom stereocenters. The maximum absolute atomic E-state index is 12.6. The van der Waals surface area contributed by atoms with Gasteiger partial charge in [0.2, 0.25) is 15.9 Å². The second kappa shape index (κ2) is 10.7. The molecule has 1 N–H and O–H groups in total. The highest BCUT2D eigenvalue weighted by atomic mass is 35.5. The van der Waals surface area contributed by atoms with Crippen molar-refractivity contribution in [2.45, 2.75) is 38.0 Å². The second-order valence-electron chi connectivity index (χ2n) is 8.40. The predicted molar refractivity (Wildman–Crippen MR) is 129 cm³/mol. The van der Waals surface area contributed by atoms with Crippen LogP contribution in [-0.2, 0) is 25.0 Å². The monoisotopic (exact) mass is 478 g/mol. The Morgan fingerprint density at radius 2 is 1.84 bits per heavy atom. The van der Waals surface area contributed by atoms with Crippen molar-refractivity contribution in [2.75, 3.05) is 36.9 Å². The summed E-state index contributed by atoms with van der Waals surface area (Å²) in [7, 11) is -3.50. The van der Waals surface area contributed by atoms with Crippen molar-refractivity contribution in [3.63, 3.8) is 0 Å². The zero-order chi connectivity index (χ0) is 23.2. The predicted octanol–water partition coefficient (Wildman–Crippen LogP) is 4.06. The quantitative estimate of drug-likeness (QED) is 0.589. The highest BCUT2D eigenvalue weighted by molar-refractivity contribution is 7.92. The van der Waals surface area contributed by atoms with Gasteiger partial charge >= 0.3 is 0 Å². The molecule has 0 bridgehead atoms. The molecule has 0 aromatic heterocycles. The Morgan fingerprint density at radius 3 is 2.50 bits per heavy atom. The van der Waals surface area contributed by atoms with E-state index in [0.29, 0.717) is 36.9 Å². The van der Waals surface area contributed by atoms with Crippen LogP contribution in [0.25, 0.3) is 0 Å². The molecule has 2 aromatic rings. The smallest absolute Gasteiger partial charge is 0.232 e. The van der Waals surface area contributed by atoms with Gasteiger partial charge in [-0.3, -0.25) is 9.10 Å². The summed E-state index contributed by atoms with van der Waals surface area (Å²) < 4.78 is 31.6. The van der Waals surface area contributed by atoms with Gasteiger partial charge in [0.1, 0.15) is 0 Å². The number of rotatable bonds is 9. The summed E-state index contributed by atoms with van der Waals surface area (Å²) in [5, 5.41) is 3.55. The standard InChI is InChI=1S/C24H31ClN2O4S/c1-19-10-11-21(25)17-22(19)27(32(2,29)30)14-6-9-23(28)26-18-24(12-15-31-16-13-24)20-7-4-3-5-8-20/h3-5,7-8,10-11,17H,6,9,12-16,18H2,1-2H3,(H,26,28). The van der Waals surface area contributed by atoms with Gasteiger partial charge in [0.25, 0.3) is 0 Å². The van der Waals surface area contributed by atoms with Gasteiger partial charge in [0.15, 0.2) is 0 Å². The zero-order valence-corrected chi connectivity index (χ0v) is 20.2. The van der Waals surface area contributed by atoms with Gasteiger partial charge in [0, 0.05) is 43.2 Å². The minimum atomic E-state index is -3.50. The number of halogens is 1. The number of sulfonamides is 1. The lowest BCUT2D eigenvalue weighted by Crippen LogP contribution is -2.44. The molecule has 1 fully saturated rings. The molecule has 0 aliphatic carbocycles. The second-order valence-corrected chi connectivity index (χ2v) is 10.7. The number of anilines is 1. The van der Waals surface area contributed by atoms with Crippen molar-refractivity contribution in [3.05, 3.63) is 64.7 Å². The van der Waals surface area contributed by atoms with Crippen LogP contribution in [0.4, 0.5) is 5.69 Å². The SMILES string of the molecule is Cc1ccc(Cl)cc1N(CCCC(=O)NCC1(c2ccccc2)CCOCC1)S(C)(=O)=O.